The van der Waals surface area contributed by atoms with Crippen molar-refractivity contribution < 1.29 is 18.0 Å². The summed E-state index contributed by atoms with van der Waals surface area (Å²) in [5, 5.41) is 5.77. The minimum Gasteiger partial charge on any atom is -0.347 e. The van der Waals surface area contributed by atoms with E-state index in [2.05, 4.69) is 17.2 Å². The summed E-state index contributed by atoms with van der Waals surface area (Å²) < 4.78 is 27.6. The van der Waals surface area contributed by atoms with Crippen LogP contribution >= 0.6 is 11.3 Å². The molecule has 9 heteroatoms. The zero-order chi connectivity index (χ0) is 23.6. The van der Waals surface area contributed by atoms with E-state index in [1.807, 2.05) is 13.0 Å². The fraction of sp³-hybridized carbons (Fsp3) is 0.417. The lowest BCUT2D eigenvalue weighted by Gasteiger charge is -2.39. The second-order valence-corrected chi connectivity index (χ2v) is 12.0. The summed E-state index contributed by atoms with van der Waals surface area (Å²) in [5.74, 6) is -0.420. The molecule has 0 spiro atoms. The van der Waals surface area contributed by atoms with E-state index in [-0.39, 0.29) is 16.7 Å². The minimum atomic E-state index is -3.66. The number of fused-ring (bicyclic) bond motifs is 1. The smallest absolute Gasteiger partial charge is 0.265 e. The average Bonchev–Trinajstić information content (AvgIpc) is 3.24. The third kappa shape index (κ3) is 5.20. The number of rotatable bonds is 6. The highest BCUT2D eigenvalue weighted by atomic mass is 32.2. The monoisotopic (exact) mass is 487 g/mol. The van der Waals surface area contributed by atoms with Crippen molar-refractivity contribution in [2.24, 2.45) is 0 Å². The molecule has 1 saturated heterocycles. The van der Waals surface area contributed by atoms with Crippen molar-refractivity contribution in [2.75, 3.05) is 18.4 Å². The van der Waals surface area contributed by atoms with Crippen molar-refractivity contribution in [1.29, 1.82) is 0 Å². The first-order valence-corrected chi connectivity index (χ1v) is 13.4. The summed E-state index contributed by atoms with van der Waals surface area (Å²) in [6, 6.07) is 8.28. The molecule has 176 valence electrons. The molecule has 2 aliphatic rings. The molecule has 0 unspecified atom stereocenters. The Labute approximate surface area is 198 Å². The molecule has 2 heterocycles. The van der Waals surface area contributed by atoms with Gasteiger partial charge in [-0.2, -0.15) is 4.31 Å². The van der Waals surface area contributed by atoms with Crippen molar-refractivity contribution in [1.82, 2.24) is 9.62 Å². The Balaban J connectivity index is 1.39. The first-order valence-electron chi connectivity index (χ1n) is 11.2. The lowest BCUT2D eigenvalue weighted by molar-refractivity contribution is -0.118. The standard InChI is InChI=1S/C24H29N3O4S2/c1-3-22(28)26-24(2)12-14-27(15-13-24)33(30,31)19-10-8-18(9-11-19)25-23(29)21-16-17-6-4-5-7-20(17)32-21/h3,8-11,16H,1,4-7,12-15H2,2H3,(H,25,29)(H,26,28). The first-order chi connectivity index (χ1) is 15.7. The summed E-state index contributed by atoms with van der Waals surface area (Å²) in [4.78, 5) is 26.5. The average molecular weight is 488 g/mol. The highest BCUT2D eigenvalue weighted by Crippen LogP contribution is 2.31. The molecule has 1 aromatic carbocycles. The van der Waals surface area contributed by atoms with Gasteiger partial charge in [-0.25, -0.2) is 8.42 Å². The quantitative estimate of drug-likeness (QED) is 0.607. The molecule has 1 fully saturated rings. The van der Waals surface area contributed by atoms with Gasteiger partial charge in [0.05, 0.1) is 9.77 Å². The second kappa shape index (κ2) is 9.40. The second-order valence-electron chi connectivity index (χ2n) is 8.90. The van der Waals surface area contributed by atoms with Crippen molar-refractivity contribution in [3.63, 3.8) is 0 Å². The topological polar surface area (TPSA) is 95.6 Å². The van der Waals surface area contributed by atoms with Crippen LogP contribution in [0, 0.1) is 0 Å². The zero-order valence-electron chi connectivity index (χ0n) is 18.7. The number of carbonyl (C=O) groups excluding carboxylic acids is 2. The Bertz CT molecular complexity index is 1140. The van der Waals surface area contributed by atoms with Crippen LogP contribution in [0.15, 0.2) is 47.9 Å². The lowest BCUT2D eigenvalue weighted by atomic mass is 9.90. The third-order valence-electron chi connectivity index (χ3n) is 6.41. The van der Waals surface area contributed by atoms with Gasteiger partial charge in [0, 0.05) is 29.2 Å². The first kappa shape index (κ1) is 23.7. The maximum atomic E-state index is 13.1. The molecule has 33 heavy (non-hydrogen) atoms. The van der Waals surface area contributed by atoms with Crippen LogP contribution in [0.4, 0.5) is 5.69 Å². The molecule has 0 radical (unpaired) electrons. The van der Waals surface area contributed by atoms with Gasteiger partial charge >= 0.3 is 0 Å². The van der Waals surface area contributed by atoms with Crippen LogP contribution in [-0.4, -0.2) is 43.2 Å². The lowest BCUT2D eigenvalue weighted by Crippen LogP contribution is -2.53. The van der Waals surface area contributed by atoms with Crippen LogP contribution in [0.25, 0.3) is 0 Å². The van der Waals surface area contributed by atoms with Crippen molar-refractivity contribution >= 4 is 38.9 Å². The van der Waals surface area contributed by atoms with Crippen LogP contribution in [-0.2, 0) is 27.7 Å². The van der Waals surface area contributed by atoms with Gasteiger partial charge in [-0.05, 0) is 87.4 Å². The number of carbonyl (C=O) groups is 2. The fourth-order valence-electron chi connectivity index (χ4n) is 4.35. The molecule has 1 aliphatic carbocycles. The van der Waals surface area contributed by atoms with E-state index in [0.717, 1.165) is 12.8 Å². The summed E-state index contributed by atoms with van der Waals surface area (Å²) in [7, 11) is -3.66. The van der Waals surface area contributed by atoms with Gasteiger partial charge in [-0.15, -0.1) is 11.3 Å². The molecule has 0 atom stereocenters. The maximum Gasteiger partial charge on any atom is 0.265 e. The molecule has 1 aromatic heterocycles. The van der Waals surface area contributed by atoms with E-state index in [4.69, 9.17) is 0 Å². The molecule has 0 bridgehead atoms. The van der Waals surface area contributed by atoms with E-state index in [1.165, 1.54) is 45.8 Å². The molecular weight excluding hydrogens is 458 g/mol. The van der Waals surface area contributed by atoms with E-state index >= 15 is 0 Å². The van der Waals surface area contributed by atoms with E-state index in [1.54, 1.807) is 23.5 Å². The number of thiophene rings is 1. The highest BCUT2D eigenvalue weighted by Gasteiger charge is 2.36. The number of hydrogen-bond acceptors (Lipinski definition) is 5. The van der Waals surface area contributed by atoms with E-state index in [0.29, 0.717) is 36.5 Å². The number of nitrogens with zero attached hydrogens (tertiary/aromatic N) is 1. The summed E-state index contributed by atoms with van der Waals surface area (Å²) in [6.45, 7) is 6.02. The molecule has 1 aliphatic heterocycles. The number of anilines is 1. The van der Waals surface area contributed by atoms with Crippen molar-refractivity contribution in [3.8, 4) is 0 Å². The van der Waals surface area contributed by atoms with E-state index < -0.39 is 15.6 Å². The maximum absolute atomic E-state index is 13.1. The number of aryl methyl sites for hydroxylation is 2. The van der Waals surface area contributed by atoms with Crippen LogP contribution < -0.4 is 10.6 Å². The highest BCUT2D eigenvalue weighted by molar-refractivity contribution is 7.89. The number of hydrogen-bond donors (Lipinski definition) is 2. The molecule has 4 rings (SSSR count). The van der Waals surface area contributed by atoms with Crippen LogP contribution in [0.5, 0.6) is 0 Å². The van der Waals surface area contributed by atoms with Crippen LogP contribution in [0.2, 0.25) is 0 Å². The number of amides is 2. The minimum absolute atomic E-state index is 0.165. The van der Waals surface area contributed by atoms with Gasteiger partial charge in [-0.3, -0.25) is 9.59 Å². The number of piperidine rings is 1. The normalized spacial score (nSPS) is 18.2. The predicted octanol–water partition coefficient (Wildman–Crippen LogP) is 3.72. The number of nitrogens with one attached hydrogen (secondary N) is 2. The van der Waals surface area contributed by atoms with Gasteiger partial charge in [-0.1, -0.05) is 6.58 Å². The summed E-state index contributed by atoms with van der Waals surface area (Å²) in [5.41, 5.74) is 1.38. The fourth-order valence-corrected chi connectivity index (χ4v) is 6.94. The number of benzene rings is 1. The Morgan fingerprint density at radius 2 is 1.79 bits per heavy atom. The molecule has 2 aromatic rings. The molecule has 7 nitrogen and oxygen atoms in total. The largest absolute Gasteiger partial charge is 0.347 e. The molecule has 2 amide bonds. The SMILES string of the molecule is C=CC(=O)NC1(C)CCN(S(=O)(=O)c2ccc(NC(=O)c3cc4c(s3)CCCC4)cc2)CC1. The predicted molar refractivity (Wildman–Crippen MR) is 130 cm³/mol. The summed E-state index contributed by atoms with van der Waals surface area (Å²) >= 11 is 1.55. The van der Waals surface area contributed by atoms with E-state index in [9.17, 15) is 18.0 Å². The van der Waals surface area contributed by atoms with Gasteiger partial charge in [0.25, 0.3) is 5.91 Å². The van der Waals surface area contributed by atoms with Crippen molar-refractivity contribution in [2.45, 2.75) is 55.9 Å². The summed E-state index contributed by atoms with van der Waals surface area (Å²) in [6.07, 6.45) is 6.67. The Kier molecular flexibility index (Phi) is 6.74. The van der Waals surface area contributed by atoms with Crippen LogP contribution in [0.3, 0.4) is 0 Å². The Morgan fingerprint density at radius 3 is 2.42 bits per heavy atom. The molecular formula is C24H29N3O4S2. The van der Waals surface area contributed by atoms with Gasteiger partial charge in [0.1, 0.15) is 0 Å². The van der Waals surface area contributed by atoms with Gasteiger partial charge < -0.3 is 10.6 Å². The molecule has 0 saturated carbocycles. The van der Waals surface area contributed by atoms with Crippen molar-refractivity contribution in [3.05, 3.63) is 58.3 Å². The number of sulfonamides is 1. The molecule has 2 N–H and O–H groups in total. The van der Waals surface area contributed by atoms with Crippen LogP contribution in [0.1, 0.15) is 52.7 Å². The zero-order valence-corrected chi connectivity index (χ0v) is 20.4. The Hall–Kier alpha value is -2.49. The Morgan fingerprint density at radius 1 is 1.12 bits per heavy atom. The third-order valence-corrected chi connectivity index (χ3v) is 9.56. The van der Waals surface area contributed by atoms with Gasteiger partial charge in [0.15, 0.2) is 0 Å². The van der Waals surface area contributed by atoms with Gasteiger partial charge in [0.2, 0.25) is 15.9 Å².